The van der Waals surface area contributed by atoms with E-state index in [1.165, 1.54) is 0 Å². The first-order valence-electron chi connectivity index (χ1n) is 7.60. The van der Waals surface area contributed by atoms with Crippen LogP contribution in [-0.4, -0.2) is 30.0 Å². The number of hydrogen-bond donors (Lipinski definition) is 2. The topological polar surface area (TPSA) is 72.3 Å². The lowest BCUT2D eigenvalue weighted by Crippen LogP contribution is -2.44. The molecule has 1 amide bonds. The molecule has 0 aliphatic heterocycles. The Labute approximate surface area is 132 Å². The van der Waals surface area contributed by atoms with Crippen LogP contribution in [0.1, 0.15) is 33.1 Å². The van der Waals surface area contributed by atoms with E-state index >= 15 is 0 Å². The number of unbranched alkanes of at least 4 members (excludes halogenated alkanes) is 1. The van der Waals surface area contributed by atoms with Gasteiger partial charge in [0.1, 0.15) is 0 Å². The normalized spacial score (nSPS) is 12.1. The highest BCUT2D eigenvalue weighted by Gasteiger charge is 2.21. The van der Waals surface area contributed by atoms with Gasteiger partial charge >= 0.3 is 0 Å². The van der Waals surface area contributed by atoms with Crippen molar-refractivity contribution in [1.82, 2.24) is 0 Å². The van der Waals surface area contributed by atoms with Crippen LogP contribution in [0, 0.1) is 0 Å². The van der Waals surface area contributed by atoms with Gasteiger partial charge in [0.2, 0.25) is 5.91 Å². The molecule has 4 N–H and O–H groups in total. The smallest absolute Gasteiger partial charge is 0.243 e. The summed E-state index contributed by atoms with van der Waals surface area (Å²) < 4.78 is 0. The van der Waals surface area contributed by atoms with E-state index < -0.39 is 6.04 Å². The van der Waals surface area contributed by atoms with Crippen LogP contribution in [-0.2, 0) is 4.79 Å². The molecule has 0 radical (unpaired) electrons. The number of rotatable bonds is 9. The number of nitrogens with two attached hydrogens (primary N) is 2. The molecule has 4 nitrogen and oxygen atoms in total. The number of benzene rings is 1. The minimum Gasteiger partial charge on any atom is -0.399 e. The second-order valence-electron chi connectivity index (χ2n) is 5.03. The fourth-order valence-electron chi connectivity index (χ4n) is 2.02. The third-order valence-electron chi connectivity index (χ3n) is 3.30. The Balaban J connectivity index is 2.76. The van der Waals surface area contributed by atoms with Crippen LogP contribution in [0.5, 0.6) is 0 Å². The molecule has 0 unspecified atom stereocenters. The minimum absolute atomic E-state index is 0.00456. The van der Waals surface area contributed by atoms with Gasteiger partial charge in [-0.3, -0.25) is 4.79 Å². The fourth-order valence-corrected chi connectivity index (χ4v) is 2.72. The maximum atomic E-state index is 12.6. The van der Waals surface area contributed by atoms with Crippen LogP contribution in [0.4, 0.5) is 11.4 Å². The quantitative estimate of drug-likeness (QED) is 0.543. The Hall–Kier alpha value is -1.20. The zero-order chi connectivity index (χ0) is 15.7. The highest BCUT2D eigenvalue weighted by molar-refractivity contribution is 7.99. The van der Waals surface area contributed by atoms with E-state index in [1.54, 1.807) is 4.90 Å². The molecule has 1 rings (SSSR count). The zero-order valence-electron chi connectivity index (χ0n) is 13.0. The van der Waals surface area contributed by atoms with E-state index in [2.05, 4.69) is 13.8 Å². The maximum absolute atomic E-state index is 12.6. The van der Waals surface area contributed by atoms with Crippen LogP contribution in [0.15, 0.2) is 24.3 Å². The molecule has 0 aliphatic rings. The van der Waals surface area contributed by atoms with Crippen molar-refractivity contribution in [3.8, 4) is 0 Å². The van der Waals surface area contributed by atoms with Gasteiger partial charge < -0.3 is 16.4 Å². The van der Waals surface area contributed by atoms with Crippen molar-refractivity contribution < 1.29 is 4.79 Å². The standard InChI is InChI=1S/C16H27N3OS/c1-3-5-11-19(14-8-6-13(17)7-9-14)16(20)15(18)10-12-21-4-2/h6-9,15H,3-5,10-12,17-18H2,1-2H3/t15-/m0/s1. The first-order chi connectivity index (χ1) is 10.1. The van der Waals surface area contributed by atoms with Crippen LogP contribution in [0.2, 0.25) is 0 Å². The van der Waals surface area contributed by atoms with Crippen molar-refractivity contribution in [3.63, 3.8) is 0 Å². The lowest BCUT2D eigenvalue weighted by atomic mass is 10.1. The summed E-state index contributed by atoms with van der Waals surface area (Å²) in [5.41, 5.74) is 13.4. The predicted molar refractivity (Wildman–Crippen MR) is 93.7 cm³/mol. The molecule has 0 bridgehead atoms. The van der Waals surface area contributed by atoms with Gasteiger partial charge in [0.25, 0.3) is 0 Å². The molecule has 1 aromatic carbocycles. The van der Waals surface area contributed by atoms with Crippen LogP contribution < -0.4 is 16.4 Å². The summed E-state index contributed by atoms with van der Waals surface area (Å²) in [5, 5.41) is 0. The number of nitrogens with zero attached hydrogens (tertiary/aromatic N) is 1. The number of nitrogen functional groups attached to an aromatic ring is 1. The highest BCUT2D eigenvalue weighted by atomic mass is 32.2. The average molecular weight is 309 g/mol. The van der Waals surface area contributed by atoms with E-state index in [9.17, 15) is 4.79 Å². The van der Waals surface area contributed by atoms with Gasteiger partial charge in [0.15, 0.2) is 0 Å². The van der Waals surface area contributed by atoms with E-state index in [1.807, 2.05) is 36.0 Å². The van der Waals surface area contributed by atoms with E-state index in [0.29, 0.717) is 12.2 Å². The molecule has 0 heterocycles. The Bertz CT molecular complexity index is 422. The monoisotopic (exact) mass is 309 g/mol. The molecule has 0 aromatic heterocycles. The summed E-state index contributed by atoms with van der Waals surface area (Å²) in [5.74, 6) is 1.98. The van der Waals surface area contributed by atoms with Gasteiger partial charge in [-0.25, -0.2) is 0 Å². The van der Waals surface area contributed by atoms with Gasteiger partial charge in [-0.05, 0) is 48.6 Å². The number of carbonyl (C=O) groups is 1. The Morgan fingerprint density at radius 1 is 1.29 bits per heavy atom. The van der Waals surface area contributed by atoms with E-state index in [0.717, 1.165) is 36.5 Å². The van der Waals surface area contributed by atoms with E-state index in [4.69, 9.17) is 11.5 Å². The minimum atomic E-state index is -0.432. The molecule has 0 aliphatic carbocycles. The van der Waals surface area contributed by atoms with Gasteiger partial charge in [-0.2, -0.15) is 11.8 Å². The van der Waals surface area contributed by atoms with Crippen molar-refractivity contribution in [1.29, 1.82) is 0 Å². The second-order valence-corrected chi connectivity index (χ2v) is 6.42. The summed E-state index contributed by atoms with van der Waals surface area (Å²) in [6, 6.07) is 6.98. The fraction of sp³-hybridized carbons (Fsp3) is 0.562. The van der Waals surface area contributed by atoms with Crippen LogP contribution >= 0.6 is 11.8 Å². The summed E-state index contributed by atoms with van der Waals surface area (Å²) in [6.45, 7) is 4.93. The van der Waals surface area contributed by atoms with Crippen LogP contribution in [0.25, 0.3) is 0 Å². The summed E-state index contributed by atoms with van der Waals surface area (Å²) in [6.07, 6.45) is 2.72. The lowest BCUT2D eigenvalue weighted by Gasteiger charge is -2.26. The molecule has 118 valence electrons. The Morgan fingerprint density at radius 2 is 1.95 bits per heavy atom. The number of carbonyl (C=O) groups excluding carboxylic acids is 1. The zero-order valence-corrected chi connectivity index (χ0v) is 13.9. The third-order valence-corrected chi connectivity index (χ3v) is 4.23. The first kappa shape index (κ1) is 17.9. The number of thioether (sulfide) groups is 1. The average Bonchev–Trinajstić information content (AvgIpc) is 2.49. The number of amides is 1. The van der Waals surface area contributed by atoms with Crippen molar-refractivity contribution in [2.24, 2.45) is 5.73 Å². The molecular weight excluding hydrogens is 282 g/mol. The molecule has 0 fully saturated rings. The molecule has 21 heavy (non-hydrogen) atoms. The molecule has 0 spiro atoms. The van der Waals surface area contributed by atoms with Crippen molar-refractivity contribution in [2.45, 2.75) is 39.2 Å². The summed E-state index contributed by atoms with van der Waals surface area (Å²) in [7, 11) is 0. The molecule has 1 aromatic rings. The van der Waals surface area contributed by atoms with Crippen LogP contribution in [0.3, 0.4) is 0 Å². The molecular formula is C16H27N3OS. The molecule has 1 atom stereocenters. The number of hydrogen-bond acceptors (Lipinski definition) is 4. The highest BCUT2D eigenvalue weighted by Crippen LogP contribution is 2.19. The van der Waals surface area contributed by atoms with Gasteiger partial charge in [0, 0.05) is 17.9 Å². The second kappa shape index (κ2) is 9.68. The summed E-state index contributed by atoms with van der Waals surface area (Å²) >= 11 is 1.81. The SMILES string of the molecule is CCCCN(C(=O)[C@@H](N)CCSCC)c1ccc(N)cc1. The summed E-state index contributed by atoms with van der Waals surface area (Å²) in [4.78, 5) is 14.4. The maximum Gasteiger partial charge on any atom is 0.243 e. The van der Waals surface area contributed by atoms with E-state index in [-0.39, 0.29) is 5.91 Å². The molecule has 0 saturated heterocycles. The largest absolute Gasteiger partial charge is 0.399 e. The van der Waals surface area contributed by atoms with Crippen molar-refractivity contribution >= 4 is 29.0 Å². The van der Waals surface area contributed by atoms with Gasteiger partial charge in [-0.15, -0.1) is 0 Å². The van der Waals surface area contributed by atoms with Crippen molar-refractivity contribution in [2.75, 3.05) is 28.7 Å². The Morgan fingerprint density at radius 3 is 2.52 bits per heavy atom. The first-order valence-corrected chi connectivity index (χ1v) is 8.75. The third kappa shape index (κ3) is 5.98. The lowest BCUT2D eigenvalue weighted by molar-refractivity contribution is -0.119. The van der Waals surface area contributed by atoms with Gasteiger partial charge in [0.05, 0.1) is 6.04 Å². The number of anilines is 2. The Kier molecular flexibility index (Phi) is 8.23. The molecule has 5 heteroatoms. The predicted octanol–water partition coefficient (Wildman–Crippen LogP) is 2.87. The molecule has 0 saturated carbocycles. The van der Waals surface area contributed by atoms with Crippen molar-refractivity contribution in [3.05, 3.63) is 24.3 Å². The van der Waals surface area contributed by atoms with Gasteiger partial charge in [-0.1, -0.05) is 20.3 Å².